The van der Waals surface area contributed by atoms with Gasteiger partial charge in [0.05, 0.1) is 6.54 Å². The lowest BCUT2D eigenvalue weighted by molar-refractivity contribution is 0.0110. The third-order valence-corrected chi connectivity index (χ3v) is 26.2. The fourth-order valence-corrected chi connectivity index (χ4v) is 19.2. The van der Waals surface area contributed by atoms with Crippen molar-refractivity contribution < 1.29 is 43.6 Å². The number of carbonyl (C=O) groups excluding carboxylic acids is 3. The molecule has 638 valence electrons. The number of para-hydroxylation sites is 1. The molecule has 9 heterocycles. The molecule has 9 aromatic rings. The molecule has 23 heteroatoms. The molecule has 2 atom stereocenters. The van der Waals surface area contributed by atoms with Crippen LogP contribution in [0, 0.1) is 16.6 Å². The van der Waals surface area contributed by atoms with Gasteiger partial charge in [-0.2, -0.15) is 4.80 Å². The van der Waals surface area contributed by atoms with E-state index in [2.05, 4.69) is 113 Å². The van der Waals surface area contributed by atoms with Crippen LogP contribution in [0.2, 0.25) is 0 Å². The van der Waals surface area contributed by atoms with Crippen LogP contribution in [0.25, 0.3) is 22.5 Å². The molecule has 3 amide bonds. The molecule has 121 heavy (non-hydrogen) atoms. The van der Waals surface area contributed by atoms with Crippen LogP contribution in [0.1, 0.15) is 230 Å². The first kappa shape index (κ1) is 86.7. The molecule has 22 nitrogen and oxygen atoms in total. The van der Waals surface area contributed by atoms with Crippen LogP contribution in [-0.4, -0.2) is 187 Å². The maximum absolute atomic E-state index is 14.1. The molecule has 4 fully saturated rings. The Morgan fingerprint density at radius 3 is 1.75 bits per heavy atom. The summed E-state index contributed by atoms with van der Waals surface area (Å²) in [4.78, 5) is 53.9. The Kier molecular flexibility index (Phi) is 28.3. The molecule has 6 aliphatic heterocycles. The molecule has 2 unspecified atom stereocenters. The zero-order valence-electron chi connectivity index (χ0n) is 71.3. The number of ether oxygens (including phenoxy) is 2. The van der Waals surface area contributed by atoms with Gasteiger partial charge in [0.15, 0.2) is 0 Å². The molecule has 0 saturated carbocycles. The first-order valence-electron chi connectivity index (χ1n) is 44.2. The molecule has 0 bridgehead atoms. The summed E-state index contributed by atoms with van der Waals surface area (Å²) in [6.45, 7) is 25.1. The third-order valence-electron chi connectivity index (χ3n) is 26.2. The number of benzene rings is 6. The zero-order valence-corrected chi connectivity index (χ0v) is 71.3. The Morgan fingerprint density at radius 2 is 1.11 bits per heavy atom. The summed E-state index contributed by atoms with van der Waals surface area (Å²) >= 11 is 0. The number of aryl methyl sites for hydroxylation is 1. The van der Waals surface area contributed by atoms with Crippen LogP contribution in [0.5, 0.6) is 28.7 Å². The van der Waals surface area contributed by atoms with Crippen molar-refractivity contribution in [3.05, 3.63) is 249 Å². The van der Waals surface area contributed by atoms with Crippen molar-refractivity contribution in [3.8, 4) is 40.1 Å². The van der Waals surface area contributed by atoms with Gasteiger partial charge in [0.25, 0.3) is 17.7 Å². The standard InChI is InChI=1S/C26H32N6O.C24H29FN2O3.C24H31N3O2.C24H29N3O2/c27-15-5-1-2-6-18-32-30-25(29-31-32)21-11-9-20(10-12-21)23-19-26(13-16-28-17-14-26)33-24-8-4-3-7-22(23)24;1-3-27(4-2)23(29)16-5-7-18(21(28)13-16)20-15-24(9-11-26-12-10-24)30-22-8-6-17(25)14-19(20)22;2*1-3-27(4-2)23(29)22-8-6-18(16-26-22)21-15-24(9-11-25-12-10-24)14-17-5-7-19(28)13-20(17)21/h3-4,7-12,19,28H,1-2,5-6,13-18,27H2;5-8,13-14,20,26,28H,3-4,9-12,15H2,1-2H3;5-8,13,16,21,25,28H,3-4,9-12,14-15H2,1-2H3;5-8,13,15-16,25,28H,3-4,9-12,14H2,1-2H3. The number of rotatable bonds is 20. The van der Waals surface area contributed by atoms with Gasteiger partial charge < -0.3 is 66.5 Å². The van der Waals surface area contributed by atoms with Gasteiger partial charge in [-0.25, -0.2) is 4.39 Å². The van der Waals surface area contributed by atoms with E-state index in [9.17, 15) is 34.1 Å². The zero-order chi connectivity index (χ0) is 84.7. The second kappa shape index (κ2) is 39.4. The summed E-state index contributed by atoms with van der Waals surface area (Å²) in [5, 5.41) is 57.9. The van der Waals surface area contributed by atoms with Gasteiger partial charge >= 0.3 is 0 Å². The minimum atomic E-state index is -0.330. The van der Waals surface area contributed by atoms with Gasteiger partial charge in [0.2, 0.25) is 5.82 Å². The monoisotopic (exact) mass is 1640 g/mol. The Morgan fingerprint density at radius 1 is 0.512 bits per heavy atom. The third kappa shape index (κ3) is 20.1. The number of nitrogens with two attached hydrogens (primary N) is 1. The fourth-order valence-electron chi connectivity index (χ4n) is 19.2. The highest BCUT2D eigenvalue weighted by Crippen LogP contribution is 2.53. The van der Waals surface area contributed by atoms with E-state index in [1.807, 2.05) is 96.3 Å². The number of halogens is 1. The SMILES string of the molecule is CCN(CC)C(=O)c1ccc(C2=CC3(CCNCC3)Cc3ccc(O)cc32)cn1.CCN(CC)C(=O)c1ccc(C2CC3(CCNCC3)Cc3ccc(O)cc32)cn1.CCN(CC)C(=O)c1ccc(C2CC3(CCNCC3)Oc3ccc(F)cc32)c(O)c1.NCCCCCCn1nnc(-c2ccc(C3=CC4(CCNCC4)Oc4ccccc43)cc2)n1. The Balaban J connectivity index is 0.000000132. The van der Waals surface area contributed by atoms with Crippen molar-refractivity contribution in [2.45, 2.75) is 174 Å². The summed E-state index contributed by atoms with van der Waals surface area (Å²) in [5.74, 6) is 2.51. The Labute approximate surface area is 712 Å². The fraction of sp³-hybridized carbons (Fsp3) is 0.449. The highest BCUT2D eigenvalue weighted by molar-refractivity contribution is 5.95. The van der Waals surface area contributed by atoms with Crippen LogP contribution in [0.15, 0.2) is 170 Å². The Hall–Kier alpha value is -10.7. The lowest BCUT2D eigenvalue weighted by Crippen LogP contribution is -2.49. The first-order chi connectivity index (χ1) is 58.8. The maximum atomic E-state index is 14.1. The number of hydrogen-bond donors (Lipinski definition) is 8. The second-order valence-electron chi connectivity index (χ2n) is 33.8. The molecule has 9 N–H and O–H groups in total. The highest BCUT2D eigenvalue weighted by Gasteiger charge is 2.45. The van der Waals surface area contributed by atoms with Crippen molar-refractivity contribution in [2.75, 3.05) is 98.2 Å². The normalized spacial score (nSPS) is 18.5. The number of aromatic hydroxyl groups is 3. The summed E-state index contributed by atoms with van der Waals surface area (Å²) in [6.07, 6.45) is 24.8. The van der Waals surface area contributed by atoms with E-state index in [1.165, 1.54) is 52.8 Å². The van der Waals surface area contributed by atoms with E-state index in [4.69, 9.17) is 15.2 Å². The molecular formula is C98H121FN14O8. The van der Waals surface area contributed by atoms with Crippen molar-refractivity contribution in [2.24, 2.45) is 16.6 Å². The minimum Gasteiger partial charge on any atom is -0.508 e. The van der Waals surface area contributed by atoms with E-state index >= 15 is 0 Å². The molecule has 4 spiro atoms. The number of tetrazole rings is 1. The molecule has 6 aromatic carbocycles. The number of hydrogen-bond acceptors (Lipinski definition) is 18. The predicted octanol–water partition coefficient (Wildman–Crippen LogP) is 15.2. The van der Waals surface area contributed by atoms with E-state index < -0.39 is 0 Å². The molecular weight excluding hydrogens is 1520 g/mol. The average molecular weight is 1640 g/mol. The van der Waals surface area contributed by atoms with Gasteiger partial charge in [-0.15, -0.1) is 10.2 Å². The first-order valence-corrected chi connectivity index (χ1v) is 44.2. The molecule has 0 radical (unpaired) electrons. The molecule has 17 rings (SSSR count). The number of amides is 3. The number of nitrogens with one attached hydrogen (secondary N) is 4. The van der Waals surface area contributed by atoms with Gasteiger partial charge in [0.1, 0.15) is 57.2 Å². The molecule has 4 saturated heterocycles. The summed E-state index contributed by atoms with van der Waals surface area (Å²) in [6, 6.07) is 45.8. The van der Waals surface area contributed by atoms with Crippen molar-refractivity contribution in [1.82, 2.24) is 66.1 Å². The van der Waals surface area contributed by atoms with E-state index in [0.29, 0.717) is 90.9 Å². The lowest BCUT2D eigenvalue weighted by Gasteiger charge is -2.45. The van der Waals surface area contributed by atoms with Crippen LogP contribution < -0.4 is 36.5 Å². The van der Waals surface area contributed by atoms with Crippen molar-refractivity contribution in [3.63, 3.8) is 0 Å². The number of pyridine rings is 2. The van der Waals surface area contributed by atoms with Crippen LogP contribution in [0.4, 0.5) is 4.39 Å². The number of phenolic OH excluding ortho intramolecular Hbond substituents is 3. The van der Waals surface area contributed by atoms with Crippen molar-refractivity contribution >= 4 is 28.9 Å². The number of piperidine rings is 4. The van der Waals surface area contributed by atoms with Gasteiger partial charge in [-0.05, 0) is 317 Å². The predicted molar refractivity (Wildman–Crippen MR) is 473 cm³/mol. The largest absolute Gasteiger partial charge is 0.508 e. The number of phenols is 3. The van der Waals surface area contributed by atoms with Crippen LogP contribution >= 0.6 is 0 Å². The quantitative estimate of drug-likeness (QED) is 0.0329. The number of allylic oxidation sites excluding steroid dienone is 1. The summed E-state index contributed by atoms with van der Waals surface area (Å²) < 4.78 is 27.0. The topological polar surface area (TPSA) is 284 Å². The number of fused-ring (bicyclic) bond motifs is 4. The second-order valence-corrected chi connectivity index (χ2v) is 33.8. The number of aromatic nitrogens is 6. The van der Waals surface area contributed by atoms with E-state index in [1.54, 1.807) is 56.0 Å². The van der Waals surface area contributed by atoms with E-state index in [-0.39, 0.29) is 63.5 Å². The van der Waals surface area contributed by atoms with Crippen LogP contribution in [0.3, 0.4) is 0 Å². The summed E-state index contributed by atoms with van der Waals surface area (Å²) in [5.41, 5.74) is 21.0. The van der Waals surface area contributed by atoms with Gasteiger partial charge in [0, 0.05) is 110 Å². The smallest absolute Gasteiger partial charge is 0.272 e. The van der Waals surface area contributed by atoms with Crippen LogP contribution in [-0.2, 0) is 19.4 Å². The summed E-state index contributed by atoms with van der Waals surface area (Å²) in [7, 11) is 0. The number of nitrogens with zero attached hydrogens (tertiary/aromatic N) is 9. The minimum absolute atomic E-state index is 0.0157. The van der Waals surface area contributed by atoms with Gasteiger partial charge in [-0.1, -0.05) is 91.7 Å². The van der Waals surface area contributed by atoms with E-state index in [0.717, 1.165) is 194 Å². The molecule has 8 aliphatic rings. The lowest BCUT2D eigenvalue weighted by atomic mass is 9.62. The number of unbranched alkanes of at least 4 members (excludes halogenated alkanes) is 3. The average Bonchev–Trinajstić information content (AvgIpc) is 1.02. The Bertz CT molecular complexity index is 5090. The molecule has 3 aromatic heterocycles. The molecule has 2 aliphatic carbocycles. The van der Waals surface area contributed by atoms with Gasteiger partial charge in [-0.3, -0.25) is 24.4 Å². The van der Waals surface area contributed by atoms with Crippen molar-refractivity contribution in [1.29, 1.82) is 0 Å². The number of carbonyl (C=O) groups is 3. The maximum Gasteiger partial charge on any atom is 0.272 e. The highest BCUT2D eigenvalue weighted by atomic mass is 19.1.